The minimum Gasteiger partial charge on any atom is -0.493 e. The largest absolute Gasteiger partial charge is 0.493 e. The molecule has 3 heterocycles. The zero-order valence-electron chi connectivity index (χ0n) is 19.4. The molecule has 10 nitrogen and oxygen atoms in total. The van der Waals surface area contributed by atoms with Gasteiger partial charge in [-0.25, -0.2) is 4.98 Å². The Balaban J connectivity index is 1.31. The molecule has 2 aliphatic heterocycles. The first-order valence-corrected chi connectivity index (χ1v) is 10.6. The summed E-state index contributed by atoms with van der Waals surface area (Å²) < 4.78 is 30.6. The molecule has 1 atom stereocenters. The van der Waals surface area contributed by atoms with Crippen molar-refractivity contribution >= 4 is 28.6 Å². The predicted molar refractivity (Wildman–Crippen MR) is 122 cm³/mol. The van der Waals surface area contributed by atoms with Gasteiger partial charge in [-0.3, -0.25) is 4.79 Å². The molecule has 0 spiro atoms. The average molecular weight is 452 g/mol. The number of nitrogens with two attached hydrogens (primary N) is 1. The van der Waals surface area contributed by atoms with Crippen LogP contribution in [0.25, 0.3) is 10.9 Å². The van der Waals surface area contributed by atoms with Gasteiger partial charge in [-0.05, 0) is 18.2 Å². The Bertz CT molecular complexity index is 1250. The Hall–Kier alpha value is -3.95. The molecule has 10 heteroatoms. The zero-order valence-corrected chi connectivity index (χ0v) is 18.4. The van der Waals surface area contributed by atoms with E-state index in [9.17, 15) is 4.79 Å². The smallest absolute Gasteiger partial charge is 0.267 e. The molecular formula is C23H25N5O5. The molecule has 0 bridgehead atoms. The van der Waals surface area contributed by atoms with Crippen LogP contribution >= 0.6 is 0 Å². The van der Waals surface area contributed by atoms with Crippen molar-refractivity contribution in [2.45, 2.75) is 6.08 Å². The van der Waals surface area contributed by atoms with Crippen molar-refractivity contribution in [3.8, 4) is 23.0 Å². The first-order chi connectivity index (χ1) is 16.4. The van der Waals surface area contributed by atoms with E-state index in [0.717, 1.165) is 0 Å². The summed E-state index contributed by atoms with van der Waals surface area (Å²) in [6.45, 7) is 1.57. The predicted octanol–water partition coefficient (Wildman–Crippen LogP) is 1.72. The second-order valence-corrected chi connectivity index (χ2v) is 7.67. The quantitative estimate of drug-likeness (QED) is 0.632. The topological polar surface area (TPSA) is 112 Å². The van der Waals surface area contributed by atoms with E-state index in [2.05, 4.69) is 9.97 Å². The van der Waals surface area contributed by atoms with Crippen LogP contribution in [0.2, 0.25) is 0 Å². The van der Waals surface area contributed by atoms with Crippen LogP contribution in [-0.2, 0) is 4.79 Å². The summed E-state index contributed by atoms with van der Waals surface area (Å²) in [5.74, 6) is 2.38. The molecule has 1 saturated heterocycles. The van der Waals surface area contributed by atoms with Crippen molar-refractivity contribution in [2.24, 2.45) is 0 Å². The molecule has 33 heavy (non-hydrogen) atoms. The van der Waals surface area contributed by atoms with E-state index in [4.69, 9.17) is 26.1 Å². The lowest BCUT2D eigenvalue weighted by molar-refractivity contribution is -0.141. The molecule has 172 valence electrons. The van der Waals surface area contributed by atoms with Crippen molar-refractivity contribution < 1.29 is 25.1 Å². The van der Waals surface area contributed by atoms with Crippen LogP contribution in [0.1, 0.15) is 1.37 Å². The maximum Gasteiger partial charge on any atom is 0.267 e. The van der Waals surface area contributed by atoms with Crippen LogP contribution in [0.4, 0.5) is 11.8 Å². The maximum atomic E-state index is 13.1. The molecule has 2 aliphatic rings. The van der Waals surface area contributed by atoms with Gasteiger partial charge in [0.05, 0.1) is 21.1 Å². The van der Waals surface area contributed by atoms with Crippen LogP contribution in [0.3, 0.4) is 0 Å². The molecule has 0 aliphatic carbocycles. The molecular weight excluding hydrogens is 426 g/mol. The fraction of sp³-hybridized carbons (Fsp3) is 0.348. The summed E-state index contributed by atoms with van der Waals surface area (Å²) in [4.78, 5) is 25.8. The highest BCUT2D eigenvalue weighted by molar-refractivity contribution is 5.91. The van der Waals surface area contributed by atoms with Gasteiger partial charge >= 0.3 is 0 Å². The van der Waals surface area contributed by atoms with Crippen molar-refractivity contribution in [1.29, 1.82) is 0 Å². The van der Waals surface area contributed by atoms with Gasteiger partial charge < -0.3 is 34.5 Å². The van der Waals surface area contributed by atoms with E-state index in [-0.39, 0.29) is 6.61 Å². The number of rotatable bonds is 4. The number of anilines is 2. The number of benzene rings is 2. The lowest BCUT2D eigenvalue weighted by atomic mass is 10.2. The number of ether oxygens (including phenoxy) is 4. The van der Waals surface area contributed by atoms with Gasteiger partial charge in [-0.15, -0.1) is 0 Å². The Morgan fingerprint density at radius 3 is 2.52 bits per heavy atom. The van der Waals surface area contributed by atoms with E-state index in [1.54, 1.807) is 49.5 Å². The molecule has 1 fully saturated rings. The fourth-order valence-corrected chi connectivity index (χ4v) is 3.96. The number of fused-ring (bicyclic) bond motifs is 2. The number of hydrogen-bond donors (Lipinski definition) is 1. The number of piperazine rings is 1. The molecule has 1 unspecified atom stereocenters. The summed E-state index contributed by atoms with van der Waals surface area (Å²) in [5.41, 5.74) is 6.85. The molecule has 1 aromatic heterocycles. The number of hydrogen-bond acceptors (Lipinski definition) is 9. The molecule has 2 N–H and O–H groups in total. The molecule has 3 aromatic rings. The Morgan fingerprint density at radius 1 is 1.09 bits per heavy atom. The summed E-state index contributed by atoms with van der Waals surface area (Å²) in [7, 11) is 3.12. The standard InChI is InChI=1S/C23H25N5O5/c1-30-18-11-14-15(12-19(18)31-2)25-23(26-21(14)24)28-9-7-27(8-10-28)22(29)20-13-32-16-5-3-4-6-17(16)33-20/h3-6,11-12,20H,7-10,13H2,1-2H3,(H2,24,25,26)/i20D. The van der Waals surface area contributed by atoms with Crippen LogP contribution < -0.4 is 29.6 Å². The van der Waals surface area contributed by atoms with Gasteiger partial charge in [0, 0.05) is 37.6 Å². The second kappa shape index (κ2) is 8.53. The number of amides is 1. The minimum absolute atomic E-state index is 0.168. The van der Waals surface area contributed by atoms with Gasteiger partial charge in [0.25, 0.3) is 5.91 Å². The third kappa shape index (κ3) is 3.88. The van der Waals surface area contributed by atoms with Crippen molar-refractivity contribution in [1.82, 2.24) is 14.9 Å². The van der Waals surface area contributed by atoms with Gasteiger partial charge in [-0.2, -0.15) is 4.98 Å². The minimum atomic E-state index is -1.82. The summed E-state index contributed by atoms with van der Waals surface area (Å²) >= 11 is 0. The van der Waals surface area contributed by atoms with E-state index < -0.39 is 12.0 Å². The SMILES string of the molecule is [2H]C1(C(=O)N2CCN(c3nc(N)c4cc(OC)c(OC)cc4n3)CC2)COc2ccccc2O1. The Labute approximate surface area is 192 Å². The highest BCUT2D eigenvalue weighted by Crippen LogP contribution is 2.34. The number of nitrogens with zero attached hydrogens (tertiary/aromatic N) is 4. The molecule has 0 radical (unpaired) electrons. The number of methoxy groups -OCH3 is 2. The highest BCUT2D eigenvalue weighted by Gasteiger charge is 2.33. The normalized spacial score (nSPS) is 20.4. The molecule has 0 saturated carbocycles. The maximum absolute atomic E-state index is 13.1. The number of carbonyl (C=O) groups is 1. The lowest BCUT2D eigenvalue weighted by Gasteiger charge is -2.37. The number of carbonyl (C=O) groups excluding carboxylic acids is 1. The van der Waals surface area contributed by atoms with Crippen molar-refractivity contribution in [3.63, 3.8) is 0 Å². The number of aromatic nitrogens is 2. The van der Waals surface area contributed by atoms with Gasteiger partial charge in [-0.1, -0.05) is 12.1 Å². The Kier molecular flexibility index (Phi) is 5.10. The first-order valence-electron chi connectivity index (χ1n) is 11.1. The molecule has 1 amide bonds. The van der Waals surface area contributed by atoms with E-state index in [1.807, 2.05) is 11.0 Å². The third-order valence-electron chi connectivity index (χ3n) is 5.75. The van der Waals surface area contributed by atoms with Crippen LogP contribution in [-0.4, -0.2) is 73.9 Å². The molecule has 5 rings (SSSR count). The summed E-state index contributed by atoms with van der Waals surface area (Å²) in [5, 5.41) is 0.668. The Morgan fingerprint density at radius 2 is 1.79 bits per heavy atom. The highest BCUT2D eigenvalue weighted by atomic mass is 16.6. The average Bonchev–Trinajstić information content (AvgIpc) is 2.87. The van der Waals surface area contributed by atoms with Gasteiger partial charge in [0.2, 0.25) is 12.0 Å². The number of nitrogen functional groups attached to an aromatic ring is 1. The molecule has 2 aromatic carbocycles. The first kappa shape index (κ1) is 19.7. The van der Waals surface area contributed by atoms with E-state index in [0.29, 0.717) is 71.8 Å². The van der Waals surface area contributed by atoms with E-state index in [1.165, 1.54) is 0 Å². The van der Waals surface area contributed by atoms with Crippen molar-refractivity contribution in [3.05, 3.63) is 36.4 Å². The van der Waals surface area contributed by atoms with Crippen LogP contribution in [0.5, 0.6) is 23.0 Å². The number of para-hydroxylation sites is 2. The van der Waals surface area contributed by atoms with Crippen LogP contribution in [0, 0.1) is 0 Å². The van der Waals surface area contributed by atoms with Gasteiger partial charge in [0.1, 0.15) is 12.4 Å². The van der Waals surface area contributed by atoms with E-state index >= 15 is 0 Å². The summed E-state index contributed by atoms with van der Waals surface area (Å²) in [6, 6.07) is 10.5. The van der Waals surface area contributed by atoms with Crippen molar-refractivity contribution in [2.75, 3.05) is 57.6 Å². The zero-order chi connectivity index (χ0) is 23.9. The van der Waals surface area contributed by atoms with Gasteiger partial charge in [0.15, 0.2) is 23.0 Å². The lowest BCUT2D eigenvalue weighted by Crippen LogP contribution is -2.54. The third-order valence-corrected chi connectivity index (χ3v) is 5.75. The monoisotopic (exact) mass is 452 g/mol. The summed E-state index contributed by atoms with van der Waals surface area (Å²) in [6.07, 6.45) is -1.82. The fourth-order valence-electron chi connectivity index (χ4n) is 3.96. The second-order valence-electron chi connectivity index (χ2n) is 7.67. The van der Waals surface area contributed by atoms with Crippen LogP contribution in [0.15, 0.2) is 36.4 Å².